The Kier molecular flexibility index (Phi) is 3.64. The molecule has 5 nitrogen and oxygen atoms in total. The lowest BCUT2D eigenvalue weighted by Crippen LogP contribution is -2.25. The van der Waals surface area contributed by atoms with E-state index in [-0.39, 0.29) is 12.0 Å². The largest absolute Gasteiger partial charge is 0.381 e. The molecule has 2 N–H and O–H groups in total. The summed E-state index contributed by atoms with van der Waals surface area (Å²) >= 11 is 0. The third kappa shape index (κ3) is 3.44. The van der Waals surface area contributed by atoms with Crippen LogP contribution in [0.4, 0.5) is 5.69 Å². The maximum Gasteiger partial charge on any atom is 0.253 e. The lowest BCUT2D eigenvalue weighted by molar-refractivity contribution is 0.0951. The number of hydrogen-bond acceptors (Lipinski definition) is 4. The maximum absolute atomic E-state index is 11.9. The van der Waals surface area contributed by atoms with Gasteiger partial charge in [-0.3, -0.25) is 9.78 Å². The number of amides is 1. The SMILES string of the molecule is O=C(NC1CC1)c1cncc(NCC2CCCO2)c1. The quantitative estimate of drug-likeness (QED) is 0.844. The van der Waals surface area contributed by atoms with Crippen molar-refractivity contribution in [2.24, 2.45) is 0 Å². The van der Waals surface area contributed by atoms with Gasteiger partial charge in [0.1, 0.15) is 0 Å². The van der Waals surface area contributed by atoms with Crippen LogP contribution < -0.4 is 10.6 Å². The fourth-order valence-electron chi connectivity index (χ4n) is 2.19. The molecule has 1 aromatic heterocycles. The van der Waals surface area contributed by atoms with Crippen LogP contribution in [0, 0.1) is 0 Å². The van der Waals surface area contributed by atoms with Gasteiger partial charge < -0.3 is 15.4 Å². The van der Waals surface area contributed by atoms with E-state index in [1.807, 2.05) is 6.07 Å². The first kappa shape index (κ1) is 12.4. The fourth-order valence-corrected chi connectivity index (χ4v) is 2.19. The summed E-state index contributed by atoms with van der Waals surface area (Å²) in [5.41, 5.74) is 1.49. The van der Waals surface area contributed by atoms with Gasteiger partial charge in [-0.15, -0.1) is 0 Å². The average molecular weight is 261 g/mol. The molecule has 1 saturated heterocycles. The van der Waals surface area contributed by atoms with Gasteiger partial charge >= 0.3 is 0 Å². The highest BCUT2D eigenvalue weighted by Crippen LogP contribution is 2.20. The third-order valence-corrected chi connectivity index (χ3v) is 3.47. The number of carbonyl (C=O) groups excluding carboxylic acids is 1. The summed E-state index contributed by atoms with van der Waals surface area (Å²) in [4.78, 5) is 16.0. The van der Waals surface area contributed by atoms with E-state index >= 15 is 0 Å². The number of aromatic nitrogens is 1. The molecule has 19 heavy (non-hydrogen) atoms. The van der Waals surface area contributed by atoms with Gasteiger partial charge in [0.15, 0.2) is 0 Å². The van der Waals surface area contributed by atoms with Gasteiger partial charge in [-0.2, -0.15) is 0 Å². The van der Waals surface area contributed by atoms with Crippen LogP contribution in [0.3, 0.4) is 0 Å². The first-order valence-electron chi connectivity index (χ1n) is 6.92. The van der Waals surface area contributed by atoms with Crippen molar-refractivity contribution >= 4 is 11.6 Å². The summed E-state index contributed by atoms with van der Waals surface area (Å²) in [5.74, 6) is -0.0317. The van der Waals surface area contributed by atoms with Gasteiger partial charge in [0.2, 0.25) is 0 Å². The number of hydrogen-bond donors (Lipinski definition) is 2. The predicted octanol–water partition coefficient (Wildman–Crippen LogP) is 1.56. The molecule has 1 aromatic rings. The molecule has 0 bridgehead atoms. The summed E-state index contributed by atoms with van der Waals surface area (Å²) in [6.07, 6.45) is 8.05. The molecule has 0 radical (unpaired) electrons. The fraction of sp³-hybridized carbons (Fsp3) is 0.571. The Balaban J connectivity index is 1.56. The molecule has 0 aromatic carbocycles. The van der Waals surface area contributed by atoms with E-state index in [1.54, 1.807) is 12.4 Å². The van der Waals surface area contributed by atoms with Crippen molar-refractivity contribution in [3.05, 3.63) is 24.0 Å². The van der Waals surface area contributed by atoms with Crippen molar-refractivity contribution < 1.29 is 9.53 Å². The third-order valence-electron chi connectivity index (χ3n) is 3.47. The van der Waals surface area contributed by atoms with Crippen LogP contribution in [0.5, 0.6) is 0 Å². The zero-order chi connectivity index (χ0) is 13.1. The molecular formula is C14H19N3O2. The normalized spacial score (nSPS) is 22.2. The first-order valence-corrected chi connectivity index (χ1v) is 6.92. The Labute approximate surface area is 112 Å². The van der Waals surface area contributed by atoms with E-state index in [9.17, 15) is 4.79 Å². The average Bonchev–Trinajstić information content (AvgIpc) is 3.09. The summed E-state index contributed by atoms with van der Waals surface area (Å²) < 4.78 is 5.55. The summed E-state index contributed by atoms with van der Waals surface area (Å²) in [6, 6.07) is 2.22. The Morgan fingerprint density at radius 2 is 2.26 bits per heavy atom. The minimum absolute atomic E-state index is 0.0317. The molecule has 0 spiro atoms. The number of anilines is 1. The van der Waals surface area contributed by atoms with Gasteiger partial charge in [-0.25, -0.2) is 0 Å². The number of rotatable bonds is 5. The minimum atomic E-state index is -0.0317. The van der Waals surface area contributed by atoms with Crippen molar-refractivity contribution in [3.63, 3.8) is 0 Å². The Morgan fingerprint density at radius 3 is 3.00 bits per heavy atom. The molecule has 102 valence electrons. The predicted molar refractivity (Wildman–Crippen MR) is 72.2 cm³/mol. The van der Waals surface area contributed by atoms with Crippen LogP contribution in [0.2, 0.25) is 0 Å². The summed E-state index contributed by atoms with van der Waals surface area (Å²) in [6.45, 7) is 1.63. The maximum atomic E-state index is 11.9. The molecule has 1 saturated carbocycles. The highest BCUT2D eigenvalue weighted by atomic mass is 16.5. The molecule has 2 fully saturated rings. The van der Waals surface area contributed by atoms with Crippen molar-refractivity contribution in [3.8, 4) is 0 Å². The van der Waals surface area contributed by atoms with Crippen LogP contribution in [0.25, 0.3) is 0 Å². The van der Waals surface area contributed by atoms with Gasteiger partial charge in [0.25, 0.3) is 5.91 Å². The molecular weight excluding hydrogens is 242 g/mol. The molecule has 1 aliphatic heterocycles. The zero-order valence-corrected chi connectivity index (χ0v) is 10.9. The van der Waals surface area contributed by atoms with Crippen LogP contribution in [0.1, 0.15) is 36.0 Å². The van der Waals surface area contributed by atoms with Gasteiger partial charge in [-0.1, -0.05) is 0 Å². The molecule has 1 amide bonds. The van der Waals surface area contributed by atoms with E-state index in [2.05, 4.69) is 15.6 Å². The number of carbonyl (C=O) groups is 1. The second-order valence-corrected chi connectivity index (χ2v) is 5.23. The van der Waals surface area contributed by atoms with E-state index in [1.165, 1.54) is 0 Å². The molecule has 2 heterocycles. The Hall–Kier alpha value is -1.62. The molecule has 2 aliphatic rings. The smallest absolute Gasteiger partial charge is 0.253 e. The Bertz CT molecular complexity index is 454. The zero-order valence-electron chi connectivity index (χ0n) is 10.9. The van der Waals surface area contributed by atoms with Gasteiger partial charge in [-0.05, 0) is 31.7 Å². The minimum Gasteiger partial charge on any atom is -0.381 e. The highest BCUT2D eigenvalue weighted by Gasteiger charge is 2.24. The van der Waals surface area contributed by atoms with E-state index < -0.39 is 0 Å². The van der Waals surface area contributed by atoms with Gasteiger partial charge in [0.05, 0.1) is 17.4 Å². The van der Waals surface area contributed by atoms with Crippen LogP contribution >= 0.6 is 0 Å². The summed E-state index contributed by atoms with van der Waals surface area (Å²) in [7, 11) is 0. The van der Waals surface area contributed by atoms with Crippen LogP contribution in [0.15, 0.2) is 18.5 Å². The topological polar surface area (TPSA) is 63.2 Å². The second-order valence-electron chi connectivity index (χ2n) is 5.23. The second kappa shape index (κ2) is 5.57. The van der Waals surface area contributed by atoms with Crippen molar-refractivity contribution in [2.45, 2.75) is 37.8 Å². The molecule has 1 atom stereocenters. The molecule has 5 heteroatoms. The molecule has 3 rings (SSSR count). The van der Waals surface area contributed by atoms with Crippen LogP contribution in [-0.2, 0) is 4.74 Å². The number of pyridine rings is 1. The lowest BCUT2D eigenvalue weighted by atomic mass is 10.2. The number of ether oxygens (including phenoxy) is 1. The molecule has 1 aliphatic carbocycles. The van der Waals surface area contributed by atoms with Crippen molar-refractivity contribution in [1.82, 2.24) is 10.3 Å². The van der Waals surface area contributed by atoms with Crippen molar-refractivity contribution in [1.29, 1.82) is 0 Å². The van der Waals surface area contributed by atoms with Gasteiger partial charge in [0, 0.05) is 31.6 Å². The van der Waals surface area contributed by atoms with Crippen LogP contribution in [-0.4, -0.2) is 36.2 Å². The summed E-state index contributed by atoms with van der Waals surface area (Å²) in [5, 5.41) is 6.25. The standard InChI is InChI=1S/C14H19N3O2/c18-14(17-11-3-4-11)10-6-12(8-15-7-10)16-9-13-2-1-5-19-13/h6-8,11,13,16H,1-5,9H2,(H,17,18). The highest BCUT2D eigenvalue weighted by molar-refractivity contribution is 5.95. The monoisotopic (exact) mass is 261 g/mol. The lowest BCUT2D eigenvalue weighted by Gasteiger charge is -2.12. The number of nitrogens with one attached hydrogen (secondary N) is 2. The van der Waals surface area contributed by atoms with E-state index in [0.717, 1.165) is 44.5 Å². The first-order chi connectivity index (χ1) is 9.31. The van der Waals surface area contributed by atoms with E-state index in [4.69, 9.17) is 4.74 Å². The van der Waals surface area contributed by atoms with E-state index in [0.29, 0.717) is 11.6 Å². The van der Waals surface area contributed by atoms with Crippen molar-refractivity contribution in [2.75, 3.05) is 18.5 Å². The number of nitrogens with zero attached hydrogens (tertiary/aromatic N) is 1. The Morgan fingerprint density at radius 1 is 1.37 bits per heavy atom. The molecule has 1 unspecified atom stereocenters.